The highest BCUT2D eigenvalue weighted by atomic mass is 127. The molecule has 2 aromatic rings. The highest BCUT2D eigenvalue weighted by Crippen LogP contribution is 2.26. The highest BCUT2D eigenvalue weighted by Gasteiger charge is 2.13. The van der Waals surface area contributed by atoms with Crippen molar-refractivity contribution >= 4 is 29.9 Å². The van der Waals surface area contributed by atoms with Crippen LogP contribution in [0.15, 0.2) is 41.4 Å². The lowest BCUT2D eigenvalue weighted by atomic mass is 10.0. The van der Waals surface area contributed by atoms with E-state index in [1.165, 1.54) is 12.1 Å². The van der Waals surface area contributed by atoms with Crippen molar-refractivity contribution in [3.8, 4) is 11.5 Å². The maximum atomic E-state index is 13.4. The number of aliphatic imine (C=N–C) groups is 1. The molecule has 1 atom stereocenters. The number of benzene rings is 2. The average molecular weight is 473 g/mol. The lowest BCUT2D eigenvalue weighted by molar-refractivity contribution is 0.405. The molecule has 0 aliphatic carbocycles. The maximum absolute atomic E-state index is 13.4. The lowest BCUT2D eigenvalue weighted by Gasteiger charge is -2.20. The summed E-state index contributed by atoms with van der Waals surface area (Å²) in [6.07, 6.45) is 0. The first-order chi connectivity index (χ1) is 11.9. The number of nitrogens with zero attached hydrogens (tertiary/aromatic N) is 1. The third-order valence-electron chi connectivity index (χ3n) is 3.90. The van der Waals surface area contributed by atoms with E-state index in [0.717, 1.165) is 16.9 Å². The molecular formula is C19H25FIN3O2. The van der Waals surface area contributed by atoms with E-state index < -0.39 is 5.82 Å². The van der Waals surface area contributed by atoms with Gasteiger partial charge in [-0.25, -0.2) is 4.39 Å². The van der Waals surface area contributed by atoms with Crippen LogP contribution in [-0.2, 0) is 6.54 Å². The number of rotatable bonds is 5. The molecule has 2 rings (SSSR count). The largest absolute Gasteiger partial charge is 0.505 e. The maximum Gasteiger partial charge on any atom is 0.191 e. The van der Waals surface area contributed by atoms with E-state index >= 15 is 0 Å². The Kier molecular flexibility index (Phi) is 8.64. The Hall–Kier alpha value is -2.03. The lowest BCUT2D eigenvalue weighted by Crippen LogP contribution is -2.38. The van der Waals surface area contributed by atoms with Crippen LogP contribution >= 0.6 is 24.0 Å². The summed E-state index contributed by atoms with van der Waals surface area (Å²) in [6, 6.07) is 10.3. The fourth-order valence-corrected chi connectivity index (χ4v) is 2.52. The summed E-state index contributed by atoms with van der Waals surface area (Å²) in [7, 11) is 3.32. The van der Waals surface area contributed by atoms with E-state index in [1.54, 1.807) is 20.2 Å². The molecule has 0 amide bonds. The van der Waals surface area contributed by atoms with Crippen LogP contribution in [0.25, 0.3) is 0 Å². The van der Waals surface area contributed by atoms with Gasteiger partial charge in [-0.2, -0.15) is 0 Å². The molecule has 142 valence electrons. The summed E-state index contributed by atoms with van der Waals surface area (Å²) in [6.45, 7) is 4.43. The van der Waals surface area contributed by atoms with Gasteiger partial charge in [0.2, 0.25) is 0 Å². The summed E-state index contributed by atoms with van der Waals surface area (Å²) in [5.74, 6) is 0.401. The Balaban J connectivity index is 0.00000338. The summed E-state index contributed by atoms with van der Waals surface area (Å²) >= 11 is 0. The van der Waals surface area contributed by atoms with Gasteiger partial charge in [0.05, 0.1) is 13.2 Å². The Morgan fingerprint density at radius 3 is 2.62 bits per heavy atom. The van der Waals surface area contributed by atoms with E-state index in [9.17, 15) is 9.50 Å². The minimum absolute atomic E-state index is 0. The summed E-state index contributed by atoms with van der Waals surface area (Å²) in [5, 5.41) is 15.7. The summed E-state index contributed by atoms with van der Waals surface area (Å²) in [5.41, 5.74) is 2.88. The van der Waals surface area contributed by atoms with Gasteiger partial charge in [-0.15, -0.1) is 24.0 Å². The van der Waals surface area contributed by atoms with Crippen LogP contribution in [0.2, 0.25) is 0 Å². The zero-order chi connectivity index (χ0) is 18.4. The molecule has 2 aromatic carbocycles. The Morgan fingerprint density at radius 1 is 1.27 bits per heavy atom. The molecule has 0 aliphatic heterocycles. The van der Waals surface area contributed by atoms with E-state index in [2.05, 4.69) is 21.7 Å². The Bertz CT molecular complexity index is 768. The zero-order valence-electron chi connectivity index (χ0n) is 15.3. The predicted molar refractivity (Wildman–Crippen MR) is 113 cm³/mol. The zero-order valence-corrected chi connectivity index (χ0v) is 17.7. The minimum Gasteiger partial charge on any atom is -0.505 e. The van der Waals surface area contributed by atoms with E-state index in [1.807, 2.05) is 26.0 Å². The van der Waals surface area contributed by atoms with Gasteiger partial charge in [0.15, 0.2) is 17.5 Å². The number of methoxy groups -OCH3 is 1. The van der Waals surface area contributed by atoms with Gasteiger partial charge >= 0.3 is 0 Å². The van der Waals surface area contributed by atoms with Crippen LogP contribution in [0.4, 0.5) is 4.39 Å². The van der Waals surface area contributed by atoms with Crippen molar-refractivity contribution in [2.24, 2.45) is 4.99 Å². The fraction of sp³-hybridized carbons (Fsp3) is 0.316. The van der Waals surface area contributed by atoms with Crippen LogP contribution in [0.1, 0.15) is 29.7 Å². The number of hydrogen-bond donors (Lipinski definition) is 3. The van der Waals surface area contributed by atoms with Crippen LogP contribution in [0.5, 0.6) is 11.5 Å². The number of aromatic hydroxyl groups is 1. The number of aryl methyl sites for hydroxylation is 1. The molecular weight excluding hydrogens is 448 g/mol. The van der Waals surface area contributed by atoms with Gasteiger partial charge in [0.25, 0.3) is 0 Å². The normalized spacial score (nSPS) is 12.1. The number of phenols is 1. The highest BCUT2D eigenvalue weighted by molar-refractivity contribution is 14.0. The molecule has 0 spiro atoms. The topological polar surface area (TPSA) is 65.9 Å². The van der Waals surface area contributed by atoms with E-state index in [4.69, 9.17) is 4.74 Å². The van der Waals surface area contributed by atoms with Gasteiger partial charge in [0, 0.05) is 19.2 Å². The van der Waals surface area contributed by atoms with Crippen molar-refractivity contribution < 1.29 is 14.2 Å². The van der Waals surface area contributed by atoms with Crippen LogP contribution in [-0.4, -0.2) is 25.2 Å². The first-order valence-corrected chi connectivity index (χ1v) is 8.03. The molecule has 0 saturated carbocycles. The summed E-state index contributed by atoms with van der Waals surface area (Å²) < 4.78 is 18.8. The van der Waals surface area contributed by atoms with Crippen molar-refractivity contribution in [3.05, 3.63) is 58.9 Å². The smallest absolute Gasteiger partial charge is 0.191 e. The van der Waals surface area contributed by atoms with Gasteiger partial charge in [-0.1, -0.05) is 23.8 Å². The third kappa shape index (κ3) is 5.76. The molecule has 0 bridgehead atoms. The fourth-order valence-electron chi connectivity index (χ4n) is 2.52. The molecule has 1 unspecified atom stereocenters. The molecule has 0 fully saturated rings. The predicted octanol–water partition coefficient (Wildman–Crippen LogP) is 3.89. The Labute approximate surface area is 170 Å². The second-order valence-corrected chi connectivity index (χ2v) is 5.82. The molecule has 3 N–H and O–H groups in total. The molecule has 0 radical (unpaired) electrons. The first kappa shape index (κ1) is 22.0. The second-order valence-electron chi connectivity index (χ2n) is 5.82. The number of phenolic OH excluding ortho intramolecular Hbond substituents is 1. The molecule has 0 heterocycles. The van der Waals surface area contributed by atoms with Crippen molar-refractivity contribution in [3.63, 3.8) is 0 Å². The van der Waals surface area contributed by atoms with Gasteiger partial charge in [-0.3, -0.25) is 4.99 Å². The monoisotopic (exact) mass is 473 g/mol. The van der Waals surface area contributed by atoms with Gasteiger partial charge in [0.1, 0.15) is 5.75 Å². The molecule has 5 nitrogen and oxygen atoms in total. The van der Waals surface area contributed by atoms with Gasteiger partial charge in [-0.05, 0) is 37.6 Å². The number of hydrogen-bond acceptors (Lipinski definition) is 3. The van der Waals surface area contributed by atoms with Crippen LogP contribution in [0, 0.1) is 12.7 Å². The van der Waals surface area contributed by atoms with Crippen molar-refractivity contribution in [1.82, 2.24) is 10.6 Å². The molecule has 0 saturated heterocycles. The summed E-state index contributed by atoms with van der Waals surface area (Å²) in [4.78, 5) is 4.20. The number of halogens is 2. The van der Waals surface area contributed by atoms with Crippen molar-refractivity contribution in [2.45, 2.75) is 26.4 Å². The van der Waals surface area contributed by atoms with Crippen molar-refractivity contribution in [2.75, 3.05) is 14.2 Å². The number of guanidine groups is 1. The molecule has 0 aliphatic rings. The third-order valence-corrected chi connectivity index (χ3v) is 3.90. The molecule has 26 heavy (non-hydrogen) atoms. The number of ether oxygens (including phenoxy) is 1. The van der Waals surface area contributed by atoms with Crippen molar-refractivity contribution in [1.29, 1.82) is 0 Å². The minimum atomic E-state index is -0.639. The van der Waals surface area contributed by atoms with Crippen LogP contribution < -0.4 is 15.4 Å². The van der Waals surface area contributed by atoms with E-state index in [0.29, 0.717) is 18.1 Å². The second kappa shape index (κ2) is 10.2. The standard InChI is InChI=1S/C19H24FN3O2.HI/c1-12-5-8-18(25-4)15(9-12)13(2)23-19(21-3)22-11-14-6-7-17(24)16(20)10-14;/h5-10,13,24H,11H2,1-4H3,(H2,21,22,23);1H. The first-order valence-electron chi connectivity index (χ1n) is 8.03. The SMILES string of the molecule is CN=C(NCc1ccc(O)c(F)c1)NC(C)c1cc(C)ccc1OC.I. The Morgan fingerprint density at radius 2 is 2.00 bits per heavy atom. The van der Waals surface area contributed by atoms with Gasteiger partial charge < -0.3 is 20.5 Å². The quantitative estimate of drug-likeness (QED) is 0.350. The van der Waals surface area contributed by atoms with Crippen LogP contribution in [0.3, 0.4) is 0 Å². The number of nitrogens with one attached hydrogen (secondary N) is 2. The molecule has 0 aromatic heterocycles. The molecule has 7 heteroatoms. The van der Waals surface area contributed by atoms with E-state index in [-0.39, 0.29) is 35.8 Å². The average Bonchev–Trinajstić information content (AvgIpc) is 2.61.